The monoisotopic (exact) mass is 471 g/mol. The molecule has 0 radical (unpaired) electrons. The van der Waals surface area contributed by atoms with Crippen LogP contribution >= 0.6 is 0 Å². The molecule has 2 aromatic rings. The van der Waals surface area contributed by atoms with Gasteiger partial charge in [0.2, 0.25) is 5.75 Å². The minimum atomic E-state index is -1.07. The molecule has 3 rings (SSSR count). The second kappa shape index (κ2) is 10.1. The first-order chi connectivity index (χ1) is 16.2. The average Bonchev–Trinajstić information content (AvgIpc) is 2.82. The van der Waals surface area contributed by atoms with Crippen LogP contribution in [0.25, 0.3) is 5.70 Å². The van der Waals surface area contributed by atoms with Crippen molar-refractivity contribution < 1.29 is 33.5 Å². The third-order valence-corrected chi connectivity index (χ3v) is 5.02. The highest BCUT2D eigenvalue weighted by atomic mass is 16.6. The molecule has 180 valence electrons. The van der Waals surface area contributed by atoms with E-state index in [4.69, 9.17) is 18.9 Å². The van der Waals surface area contributed by atoms with E-state index in [9.17, 15) is 19.7 Å². The van der Waals surface area contributed by atoms with E-state index < -0.39 is 23.0 Å². The number of benzene rings is 2. The van der Waals surface area contributed by atoms with E-state index in [1.54, 1.807) is 38.1 Å². The predicted molar refractivity (Wildman–Crippen MR) is 122 cm³/mol. The molecular weight excluding hydrogens is 446 g/mol. The first kappa shape index (κ1) is 24.4. The summed E-state index contributed by atoms with van der Waals surface area (Å²) in [5.74, 6) is -0.110. The number of nitrogens with one attached hydrogen (secondary N) is 2. The van der Waals surface area contributed by atoms with Gasteiger partial charge in [0, 0.05) is 6.07 Å². The molecule has 0 aliphatic carbocycles. The van der Waals surface area contributed by atoms with Gasteiger partial charge in [-0.05, 0) is 55.3 Å². The van der Waals surface area contributed by atoms with E-state index in [0.717, 1.165) is 0 Å². The highest BCUT2D eigenvalue weighted by Gasteiger charge is 2.36. The van der Waals surface area contributed by atoms with Gasteiger partial charge in [0.25, 0.3) is 0 Å². The number of hydrogen-bond donors (Lipinski definition) is 2. The lowest BCUT2D eigenvalue weighted by Gasteiger charge is -2.29. The van der Waals surface area contributed by atoms with Crippen LogP contribution in [-0.2, 0) is 9.53 Å². The minimum Gasteiger partial charge on any atom is -0.497 e. The fraction of sp³-hybridized carbons (Fsp3) is 0.304. The van der Waals surface area contributed by atoms with Crippen LogP contribution in [0.5, 0.6) is 17.2 Å². The standard InChI is InChI=1S/C23H25N3O8/c1-12(2)34-21-16(26(29)30)10-14(11-17(21)32-4)20-18(22(27)33-5)19(24-23(28)25-20)13-6-8-15(31-3)9-7-13/h6-12,20H,1-5H3,(H2,24,25,28). The Bertz CT molecular complexity index is 1140. The van der Waals surface area contributed by atoms with Gasteiger partial charge in [0.05, 0.1) is 49.7 Å². The number of ether oxygens (including phenoxy) is 4. The molecule has 1 aliphatic heterocycles. The summed E-state index contributed by atoms with van der Waals surface area (Å²) in [7, 11) is 4.07. The second-order valence-electron chi connectivity index (χ2n) is 7.54. The SMILES string of the molecule is COC(=O)C1=C(c2ccc(OC)cc2)NC(=O)NC1c1cc(OC)c(OC(C)C)c([N+](=O)[O-])c1. The molecule has 34 heavy (non-hydrogen) atoms. The first-order valence-corrected chi connectivity index (χ1v) is 10.3. The van der Waals surface area contributed by atoms with Crippen molar-refractivity contribution in [2.24, 2.45) is 0 Å². The van der Waals surface area contributed by atoms with E-state index in [1.807, 2.05) is 0 Å². The molecule has 0 aromatic heterocycles. The highest BCUT2D eigenvalue weighted by Crippen LogP contribution is 2.42. The summed E-state index contributed by atoms with van der Waals surface area (Å²) < 4.78 is 21.1. The Hall–Kier alpha value is -4.28. The normalized spacial score (nSPS) is 15.4. The number of carbonyl (C=O) groups is 2. The Morgan fingerprint density at radius 2 is 1.76 bits per heavy atom. The van der Waals surface area contributed by atoms with Crippen LogP contribution in [0, 0.1) is 10.1 Å². The Morgan fingerprint density at radius 3 is 2.29 bits per heavy atom. The maximum absolute atomic E-state index is 12.9. The van der Waals surface area contributed by atoms with Gasteiger partial charge < -0.3 is 29.6 Å². The highest BCUT2D eigenvalue weighted by molar-refractivity contribution is 6.04. The van der Waals surface area contributed by atoms with Crippen molar-refractivity contribution in [2.45, 2.75) is 26.0 Å². The number of esters is 1. The second-order valence-corrected chi connectivity index (χ2v) is 7.54. The zero-order chi connectivity index (χ0) is 25.0. The summed E-state index contributed by atoms with van der Waals surface area (Å²) in [6.07, 6.45) is -0.357. The molecule has 0 fully saturated rings. The van der Waals surface area contributed by atoms with Gasteiger partial charge in [-0.2, -0.15) is 0 Å². The van der Waals surface area contributed by atoms with Gasteiger partial charge in [-0.25, -0.2) is 9.59 Å². The van der Waals surface area contributed by atoms with Crippen molar-refractivity contribution in [1.29, 1.82) is 0 Å². The third kappa shape index (κ3) is 4.87. The Balaban J connectivity index is 2.25. The Labute approximate surface area is 195 Å². The lowest BCUT2D eigenvalue weighted by molar-refractivity contribution is -0.386. The smallest absolute Gasteiger partial charge is 0.338 e. The summed E-state index contributed by atoms with van der Waals surface area (Å²) in [5, 5.41) is 17.1. The van der Waals surface area contributed by atoms with Gasteiger partial charge in [0.15, 0.2) is 5.75 Å². The van der Waals surface area contributed by atoms with Crippen LogP contribution in [0.15, 0.2) is 42.0 Å². The average molecular weight is 471 g/mol. The number of carbonyl (C=O) groups excluding carboxylic acids is 2. The number of urea groups is 1. The van der Waals surface area contributed by atoms with E-state index in [1.165, 1.54) is 33.5 Å². The molecule has 2 amide bonds. The van der Waals surface area contributed by atoms with Crippen LogP contribution in [0.2, 0.25) is 0 Å². The number of nitro groups is 1. The van der Waals surface area contributed by atoms with Gasteiger partial charge >= 0.3 is 17.7 Å². The number of nitrogens with zero attached hydrogens (tertiary/aromatic N) is 1. The maximum atomic E-state index is 12.9. The molecule has 1 aliphatic rings. The van der Waals surface area contributed by atoms with E-state index in [0.29, 0.717) is 11.3 Å². The fourth-order valence-electron chi connectivity index (χ4n) is 3.55. The molecule has 0 saturated carbocycles. The molecular formula is C23H25N3O8. The van der Waals surface area contributed by atoms with Crippen molar-refractivity contribution >= 4 is 23.4 Å². The molecule has 1 unspecified atom stereocenters. The summed E-state index contributed by atoms with van der Waals surface area (Å²) in [5.41, 5.74) is 0.641. The quantitative estimate of drug-likeness (QED) is 0.340. The molecule has 0 saturated heterocycles. The van der Waals surface area contributed by atoms with Crippen molar-refractivity contribution in [2.75, 3.05) is 21.3 Å². The first-order valence-electron chi connectivity index (χ1n) is 10.3. The van der Waals surface area contributed by atoms with Crippen LogP contribution in [0.3, 0.4) is 0 Å². The molecule has 11 nitrogen and oxygen atoms in total. The number of rotatable bonds is 8. The fourth-order valence-corrected chi connectivity index (χ4v) is 3.55. The molecule has 2 aromatic carbocycles. The number of amides is 2. The topological polar surface area (TPSA) is 138 Å². The predicted octanol–water partition coefficient (Wildman–Crippen LogP) is 3.34. The molecule has 1 heterocycles. The number of hydrogen-bond acceptors (Lipinski definition) is 8. The molecule has 11 heteroatoms. The minimum absolute atomic E-state index is 0.0505. The molecule has 0 spiro atoms. The van der Waals surface area contributed by atoms with E-state index in [-0.39, 0.29) is 40.1 Å². The number of nitro benzene ring substituents is 1. The lowest BCUT2D eigenvalue weighted by atomic mass is 9.92. The van der Waals surface area contributed by atoms with Crippen LogP contribution in [0.4, 0.5) is 10.5 Å². The molecule has 1 atom stereocenters. The summed E-state index contributed by atoms with van der Waals surface area (Å²) in [6, 6.07) is 7.73. The largest absolute Gasteiger partial charge is 0.497 e. The lowest BCUT2D eigenvalue weighted by Crippen LogP contribution is -2.45. The van der Waals surface area contributed by atoms with Crippen LogP contribution in [-0.4, -0.2) is 44.4 Å². The Morgan fingerprint density at radius 1 is 1.09 bits per heavy atom. The molecule has 0 bridgehead atoms. The van der Waals surface area contributed by atoms with Gasteiger partial charge in [-0.3, -0.25) is 10.1 Å². The van der Waals surface area contributed by atoms with Crippen molar-refractivity contribution in [1.82, 2.24) is 10.6 Å². The van der Waals surface area contributed by atoms with Crippen molar-refractivity contribution in [3.05, 3.63) is 63.2 Å². The summed E-state index contributed by atoms with van der Waals surface area (Å²) in [6.45, 7) is 3.45. The van der Waals surface area contributed by atoms with Gasteiger partial charge in [-0.1, -0.05) is 0 Å². The zero-order valence-electron chi connectivity index (χ0n) is 19.3. The van der Waals surface area contributed by atoms with Gasteiger partial charge in [-0.15, -0.1) is 0 Å². The Kier molecular flexibility index (Phi) is 7.24. The van der Waals surface area contributed by atoms with E-state index in [2.05, 4.69) is 10.6 Å². The number of methoxy groups -OCH3 is 3. The summed E-state index contributed by atoms with van der Waals surface area (Å²) in [4.78, 5) is 36.7. The summed E-state index contributed by atoms with van der Waals surface area (Å²) >= 11 is 0. The van der Waals surface area contributed by atoms with Crippen molar-refractivity contribution in [3.8, 4) is 17.2 Å². The molecule has 2 N–H and O–H groups in total. The zero-order valence-corrected chi connectivity index (χ0v) is 19.3. The van der Waals surface area contributed by atoms with Crippen molar-refractivity contribution in [3.63, 3.8) is 0 Å². The maximum Gasteiger partial charge on any atom is 0.338 e. The van der Waals surface area contributed by atoms with Crippen LogP contribution < -0.4 is 24.8 Å². The third-order valence-electron chi connectivity index (χ3n) is 5.02. The van der Waals surface area contributed by atoms with E-state index >= 15 is 0 Å². The van der Waals surface area contributed by atoms with Gasteiger partial charge in [0.1, 0.15) is 5.75 Å². The van der Waals surface area contributed by atoms with Crippen LogP contribution in [0.1, 0.15) is 31.0 Å².